The van der Waals surface area contributed by atoms with Gasteiger partial charge in [0.2, 0.25) is 0 Å². The molecule has 0 saturated heterocycles. The van der Waals surface area contributed by atoms with Gasteiger partial charge in [-0.2, -0.15) is 0 Å². The Hall–Kier alpha value is -3.68. The number of thiophene rings is 1. The molecular weight excluding hydrogens is 416 g/mol. The van der Waals surface area contributed by atoms with Crippen molar-refractivity contribution in [1.29, 1.82) is 0 Å². The lowest BCUT2D eigenvalue weighted by Gasteiger charge is -2.14. The highest BCUT2D eigenvalue weighted by atomic mass is 32.1. The maximum absolute atomic E-state index is 2.54. The molecule has 6 aromatic carbocycles. The Balaban J connectivity index is 1.49. The lowest BCUT2D eigenvalue weighted by molar-refractivity contribution is 1.24. The van der Waals surface area contributed by atoms with Gasteiger partial charge in [-0.25, -0.2) is 0 Å². The molecule has 2 aliphatic rings. The van der Waals surface area contributed by atoms with E-state index in [0.29, 0.717) is 0 Å². The first-order chi connectivity index (χ1) is 16.4. The molecule has 0 nitrogen and oxygen atoms in total. The lowest BCUT2D eigenvalue weighted by Crippen LogP contribution is -1.91. The van der Waals surface area contributed by atoms with Gasteiger partial charge < -0.3 is 0 Å². The van der Waals surface area contributed by atoms with Gasteiger partial charge >= 0.3 is 0 Å². The first-order valence-corrected chi connectivity index (χ1v) is 12.5. The van der Waals surface area contributed by atoms with Crippen LogP contribution in [-0.4, -0.2) is 0 Å². The number of hydrogen-bond donors (Lipinski definition) is 0. The van der Waals surface area contributed by atoms with Crippen LogP contribution in [0.3, 0.4) is 0 Å². The molecule has 0 radical (unpaired) electrons. The summed E-state index contributed by atoms with van der Waals surface area (Å²) in [7, 11) is 0. The van der Waals surface area contributed by atoms with Crippen LogP contribution in [0.2, 0.25) is 0 Å². The monoisotopic (exact) mass is 434 g/mol. The zero-order valence-electron chi connectivity index (χ0n) is 17.9. The molecule has 2 aliphatic carbocycles. The van der Waals surface area contributed by atoms with Gasteiger partial charge in [0.05, 0.1) is 0 Å². The van der Waals surface area contributed by atoms with Gasteiger partial charge in [0.15, 0.2) is 0 Å². The van der Waals surface area contributed by atoms with Crippen LogP contribution in [0, 0.1) is 0 Å². The van der Waals surface area contributed by atoms with Crippen molar-refractivity contribution in [3.8, 4) is 11.1 Å². The summed E-state index contributed by atoms with van der Waals surface area (Å²) in [6.07, 6.45) is 2.08. The Morgan fingerprint density at radius 1 is 0.485 bits per heavy atom. The minimum absolute atomic E-state index is 1.03. The molecule has 7 aromatic rings. The van der Waals surface area contributed by atoms with E-state index in [1.807, 2.05) is 11.3 Å². The van der Waals surface area contributed by atoms with Crippen LogP contribution in [0.4, 0.5) is 0 Å². The van der Waals surface area contributed by atoms with E-state index >= 15 is 0 Å². The highest BCUT2D eigenvalue weighted by Gasteiger charge is 2.29. The average Bonchev–Trinajstić information content (AvgIpc) is 3.54. The van der Waals surface area contributed by atoms with Crippen LogP contribution < -0.4 is 0 Å². The summed E-state index contributed by atoms with van der Waals surface area (Å²) in [5.41, 5.74) is 8.86. The second kappa shape index (κ2) is 5.62. The smallest absolute Gasteiger partial charge is 0.0433 e. The van der Waals surface area contributed by atoms with Crippen molar-refractivity contribution in [3.63, 3.8) is 0 Å². The van der Waals surface area contributed by atoms with Gasteiger partial charge in [-0.15, -0.1) is 11.3 Å². The lowest BCUT2D eigenvalue weighted by atomic mass is 9.90. The number of benzene rings is 6. The van der Waals surface area contributed by atoms with Gasteiger partial charge in [-0.1, -0.05) is 72.8 Å². The molecule has 0 fully saturated rings. The van der Waals surface area contributed by atoms with Crippen LogP contribution in [0.5, 0.6) is 0 Å². The molecule has 1 heterocycles. The van der Waals surface area contributed by atoms with Crippen LogP contribution in [0.1, 0.15) is 22.3 Å². The van der Waals surface area contributed by atoms with E-state index in [1.54, 1.807) is 0 Å². The molecule has 0 N–H and O–H groups in total. The second-order valence-electron chi connectivity index (χ2n) is 9.63. The van der Waals surface area contributed by atoms with Crippen molar-refractivity contribution in [2.45, 2.75) is 12.8 Å². The van der Waals surface area contributed by atoms with Crippen molar-refractivity contribution in [3.05, 3.63) is 107 Å². The fraction of sp³-hybridized carbons (Fsp3) is 0.0625. The molecule has 33 heavy (non-hydrogen) atoms. The molecule has 0 spiro atoms. The summed E-state index contributed by atoms with van der Waals surface area (Å²) in [6, 6.07) is 32.1. The van der Waals surface area contributed by atoms with E-state index in [4.69, 9.17) is 0 Å². The maximum Gasteiger partial charge on any atom is 0.0433 e. The summed E-state index contributed by atoms with van der Waals surface area (Å²) in [4.78, 5) is 0. The fourth-order valence-corrected chi connectivity index (χ4v) is 8.02. The molecule has 152 valence electrons. The van der Waals surface area contributed by atoms with Gasteiger partial charge in [-0.3, -0.25) is 0 Å². The van der Waals surface area contributed by atoms with Crippen LogP contribution in [0.15, 0.2) is 84.9 Å². The summed E-state index contributed by atoms with van der Waals surface area (Å²) >= 11 is 1.94. The third kappa shape index (κ3) is 1.91. The highest BCUT2D eigenvalue weighted by molar-refractivity contribution is 7.26. The first kappa shape index (κ1) is 16.9. The molecule has 9 rings (SSSR count). The second-order valence-corrected chi connectivity index (χ2v) is 10.7. The Kier molecular flexibility index (Phi) is 2.88. The highest BCUT2D eigenvalue weighted by Crippen LogP contribution is 2.52. The minimum atomic E-state index is 1.03. The van der Waals surface area contributed by atoms with Crippen molar-refractivity contribution in [2.24, 2.45) is 0 Å². The van der Waals surface area contributed by atoms with E-state index in [0.717, 1.165) is 12.8 Å². The van der Waals surface area contributed by atoms with Crippen molar-refractivity contribution in [2.75, 3.05) is 0 Å². The maximum atomic E-state index is 2.54. The Bertz CT molecular complexity index is 2020. The molecule has 0 bridgehead atoms. The zero-order chi connectivity index (χ0) is 21.3. The van der Waals surface area contributed by atoms with Crippen LogP contribution in [-0.2, 0) is 12.8 Å². The first-order valence-electron chi connectivity index (χ1n) is 11.7. The van der Waals surface area contributed by atoms with E-state index < -0.39 is 0 Å². The summed E-state index contributed by atoms with van der Waals surface area (Å²) in [5.74, 6) is 0. The Morgan fingerprint density at radius 3 is 2.06 bits per heavy atom. The van der Waals surface area contributed by atoms with E-state index in [2.05, 4.69) is 84.9 Å². The fourth-order valence-electron chi connectivity index (χ4n) is 6.79. The largest absolute Gasteiger partial charge is 0.135 e. The Morgan fingerprint density at radius 2 is 1.18 bits per heavy atom. The van der Waals surface area contributed by atoms with E-state index in [9.17, 15) is 0 Å². The van der Waals surface area contributed by atoms with Gasteiger partial charge in [-0.05, 0) is 90.7 Å². The van der Waals surface area contributed by atoms with Crippen LogP contribution in [0.25, 0.3) is 63.6 Å². The van der Waals surface area contributed by atoms with E-state index in [-0.39, 0.29) is 0 Å². The number of fused-ring (bicyclic) bond motifs is 4. The predicted molar refractivity (Wildman–Crippen MR) is 143 cm³/mol. The van der Waals surface area contributed by atoms with Crippen molar-refractivity contribution >= 4 is 63.8 Å². The van der Waals surface area contributed by atoms with Crippen molar-refractivity contribution < 1.29 is 0 Å². The SMILES string of the molecule is c1ccc2c(c1)sc1c(-c3cc4c5c6c(cccc6c6cccc7c6c5c3C7)C4)cccc12. The predicted octanol–water partition coefficient (Wildman–Crippen LogP) is 8.99. The van der Waals surface area contributed by atoms with Gasteiger partial charge in [0.25, 0.3) is 0 Å². The Labute approximate surface area is 194 Å². The molecule has 0 saturated carbocycles. The average molecular weight is 435 g/mol. The molecule has 0 aliphatic heterocycles. The molecule has 1 aromatic heterocycles. The summed E-state index contributed by atoms with van der Waals surface area (Å²) in [6.45, 7) is 0. The number of rotatable bonds is 1. The normalized spacial score (nSPS) is 13.8. The molecule has 0 unspecified atom stereocenters. The summed E-state index contributed by atoms with van der Waals surface area (Å²) in [5, 5.41) is 11.7. The standard InChI is InChI=1S/C32H18S/c1-2-13-27-20(8-1)23-11-5-12-24(32(23)33-27)25-16-19-14-17-6-3-9-21-22-10-4-7-18-15-26(25)31(29(18)22)30(19)28(17)21/h1-13,16H,14-15H2. The zero-order valence-corrected chi connectivity index (χ0v) is 18.7. The molecular formula is C32H18S. The van der Waals surface area contributed by atoms with E-state index in [1.165, 1.54) is 85.9 Å². The quantitative estimate of drug-likeness (QED) is 0.226. The van der Waals surface area contributed by atoms with Crippen LogP contribution >= 0.6 is 11.3 Å². The molecule has 0 amide bonds. The molecule has 0 atom stereocenters. The minimum Gasteiger partial charge on any atom is -0.135 e. The topological polar surface area (TPSA) is 0 Å². The van der Waals surface area contributed by atoms with Gasteiger partial charge in [0, 0.05) is 20.2 Å². The summed E-state index contributed by atoms with van der Waals surface area (Å²) < 4.78 is 2.80. The number of hydrogen-bond acceptors (Lipinski definition) is 1. The van der Waals surface area contributed by atoms with Crippen molar-refractivity contribution in [1.82, 2.24) is 0 Å². The third-order valence-corrected chi connectivity index (χ3v) is 9.27. The van der Waals surface area contributed by atoms with Gasteiger partial charge in [0.1, 0.15) is 0 Å². The third-order valence-electron chi connectivity index (χ3n) is 8.05. The molecule has 1 heteroatoms.